The molecule has 0 spiro atoms. The fourth-order valence-electron chi connectivity index (χ4n) is 4.79. The molecule has 28 heavy (non-hydrogen) atoms. The highest BCUT2D eigenvalue weighted by Crippen LogP contribution is 2.33. The van der Waals surface area contributed by atoms with Crippen molar-refractivity contribution in [1.29, 1.82) is 0 Å². The number of unbranched alkanes of at least 4 members (excludes halogenated alkanes) is 2. The van der Waals surface area contributed by atoms with Gasteiger partial charge in [0.15, 0.2) is 0 Å². The first-order valence-electron chi connectivity index (χ1n) is 11.7. The van der Waals surface area contributed by atoms with Gasteiger partial charge in [-0.25, -0.2) is 4.79 Å². The molecular weight excluding hydrogens is 344 g/mol. The van der Waals surface area contributed by atoms with Crippen LogP contribution in [-0.2, 0) is 4.74 Å². The van der Waals surface area contributed by atoms with Crippen molar-refractivity contribution < 1.29 is 9.53 Å². The van der Waals surface area contributed by atoms with E-state index < -0.39 is 0 Å². The number of esters is 1. The summed E-state index contributed by atoms with van der Waals surface area (Å²) < 4.78 is 5.76. The fraction of sp³-hybridized carbons (Fsp3) is 0.654. The maximum absolute atomic E-state index is 12.5. The highest BCUT2D eigenvalue weighted by molar-refractivity contribution is 5.90. The molecule has 1 unspecified atom stereocenters. The van der Waals surface area contributed by atoms with Crippen LogP contribution in [-0.4, -0.2) is 12.1 Å². The number of allylic oxidation sites excluding steroid dienone is 2. The molecule has 1 aromatic carbocycles. The number of rotatable bonds is 8. The predicted molar refractivity (Wildman–Crippen MR) is 117 cm³/mol. The Bertz CT molecular complexity index is 635. The second-order valence-corrected chi connectivity index (χ2v) is 8.90. The molecule has 0 aromatic heterocycles. The van der Waals surface area contributed by atoms with Gasteiger partial charge >= 0.3 is 5.97 Å². The van der Waals surface area contributed by atoms with Crippen molar-refractivity contribution in [2.24, 2.45) is 11.8 Å². The maximum atomic E-state index is 12.5. The molecule has 0 aliphatic heterocycles. The number of hydrogen-bond acceptors (Lipinski definition) is 2. The Morgan fingerprint density at radius 2 is 1.71 bits per heavy atom. The second-order valence-electron chi connectivity index (χ2n) is 8.90. The summed E-state index contributed by atoms with van der Waals surface area (Å²) in [6.45, 7) is 4.53. The standard InChI is InChI=1S/C26H38O2/c1-3-5-6-7-21-8-12-22(13-9-21)23-14-16-24(17-15-23)26(27)28-25-18-10-20(4-2)11-19-25/h12,14-17,20-21,25H,3-11,13,18-19H2,1-2H3/t20-,21?,25-. The van der Waals surface area contributed by atoms with E-state index in [-0.39, 0.29) is 12.1 Å². The molecule has 2 aliphatic carbocycles. The van der Waals surface area contributed by atoms with Crippen LogP contribution >= 0.6 is 0 Å². The minimum absolute atomic E-state index is 0.112. The number of carbonyl (C=O) groups excluding carboxylic acids is 1. The third-order valence-electron chi connectivity index (χ3n) is 6.87. The Kier molecular flexibility index (Phi) is 8.18. The van der Waals surface area contributed by atoms with Crippen molar-refractivity contribution in [2.45, 2.75) is 97.0 Å². The lowest BCUT2D eigenvalue weighted by Crippen LogP contribution is -2.24. The summed E-state index contributed by atoms with van der Waals surface area (Å²) in [5.74, 6) is 1.54. The molecule has 0 radical (unpaired) electrons. The van der Waals surface area contributed by atoms with Crippen LogP contribution in [0.25, 0.3) is 5.57 Å². The molecule has 1 saturated carbocycles. The van der Waals surface area contributed by atoms with E-state index in [1.165, 1.54) is 75.3 Å². The molecule has 2 heteroatoms. The van der Waals surface area contributed by atoms with E-state index in [1.54, 1.807) is 0 Å². The van der Waals surface area contributed by atoms with E-state index in [4.69, 9.17) is 4.74 Å². The average Bonchev–Trinajstić information content (AvgIpc) is 2.75. The second kappa shape index (κ2) is 10.8. The van der Waals surface area contributed by atoms with Gasteiger partial charge in [0.25, 0.3) is 0 Å². The van der Waals surface area contributed by atoms with Crippen LogP contribution in [0.3, 0.4) is 0 Å². The Labute approximate surface area is 171 Å². The quantitative estimate of drug-likeness (QED) is 0.342. The van der Waals surface area contributed by atoms with E-state index >= 15 is 0 Å². The third-order valence-corrected chi connectivity index (χ3v) is 6.87. The van der Waals surface area contributed by atoms with Crippen molar-refractivity contribution in [1.82, 2.24) is 0 Å². The van der Waals surface area contributed by atoms with Gasteiger partial charge in [0.05, 0.1) is 5.56 Å². The maximum Gasteiger partial charge on any atom is 0.338 e. The number of benzene rings is 1. The minimum atomic E-state index is -0.153. The van der Waals surface area contributed by atoms with Crippen LogP contribution in [0, 0.1) is 11.8 Å². The van der Waals surface area contributed by atoms with E-state index in [0.29, 0.717) is 5.56 Å². The van der Waals surface area contributed by atoms with Gasteiger partial charge in [-0.3, -0.25) is 0 Å². The summed E-state index contributed by atoms with van der Waals surface area (Å²) in [6.07, 6.45) is 17.3. The van der Waals surface area contributed by atoms with Gasteiger partial charge in [-0.1, -0.05) is 64.2 Å². The number of carbonyl (C=O) groups is 1. The van der Waals surface area contributed by atoms with Crippen molar-refractivity contribution in [3.8, 4) is 0 Å². The normalized spacial score (nSPS) is 25.2. The zero-order chi connectivity index (χ0) is 19.8. The van der Waals surface area contributed by atoms with E-state index in [1.807, 2.05) is 12.1 Å². The molecule has 0 bridgehead atoms. The summed E-state index contributed by atoms with van der Waals surface area (Å²) in [5, 5.41) is 0. The predicted octanol–water partition coefficient (Wildman–Crippen LogP) is 7.58. The molecule has 1 atom stereocenters. The van der Waals surface area contributed by atoms with Gasteiger partial charge in [0, 0.05) is 0 Å². The summed E-state index contributed by atoms with van der Waals surface area (Å²) in [5.41, 5.74) is 3.41. The van der Waals surface area contributed by atoms with Crippen LogP contribution < -0.4 is 0 Å². The molecule has 1 fully saturated rings. The third kappa shape index (κ3) is 5.96. The Morgan fingerprint density at radius 1 is 0.964 bits per heavy atom. The molecule has 0 N–H and O–H groups in total. The molecule has 2 nitrogen and oxygen atoms in total. The van der Waals surface area contributed by atoms with E-state index in [0.717, 1.165) is 24.7 Å². The first-order valence-corrected chi connectivity index (χ1v) is 11.7. The first kappa shape index (κ1) is 21.1. The first-order chi connectivity index (χ1) is 13.7. The highest BCUT2D eigenvalue weighted by Gasteiger charge is 2.23. The van der Waals surface area contributed by atoms with Crippen molar-refractivity contribution >= 4 is 11.5 Å². The zero-order valence-electron chi connectivity index (χ0n) is 17.9. The molecular formula is C26H38O2. The molecule has 154 valence electrons. The molecule has 0 saturated heterocycles. The summed E-state index contributed by atoms with van der Waals surface area (Å²) in [4.78, 5) is 12.5. The molecule has 3 rings (SSSR count). The molecule has 0 heterocycles. The molecule has 2 aliphatic rings. The number of hydrogen-bond donors (Lipinski definition) is 0. The smallest absolute Gasteiger partial charge is 0.338 e. The van der Waals surface area contributed by atoms with Crippen LogP contribution in [0.1, 0.15) is 107 Å². The zero-order valence-corrected chi connectivity index (χ0v) is 17.9. The average molecular weight is 383 g/mol. The Hall–Kier alpha value is -1.57. The van der Waals surface area contributed by atoms with E-state index in [2.05, 4.69) is 32.1 Å². The lowest BCUT2D eigenvalue weighted by Gasteiger charge is -2.27. The molecule has 0 amide bonds. The van der Waals surface area contributed by atoms with Gasteiger partial charge in [-0.15, -0.1) is 0 Å². The van der Waals surface area contributed by atoms with Gasteiger partial charge in [0.2, 0.25) is 0 Å². The Balaban J connectivity index is 1.49. The van der Waals surface area contributed by atoms with Crippen molar-refractivity contribution in [3.63, 3.8) is 0 Å². The van der Waals surface area contributed by atoms with Crippen LogP contribution in [0.2, 0.25) is 0 Å². The van der Waals surface area contributed by atoms with Gasteiger partial charge in [-0.05, 0) is 80.1 Å². The lowest BCUT2D eigenvalue weighted by atomic mass is 9.84. The van der Waals surface area contributed by atoms with Gasteiger partial charge in [0.1, 0.15) is 6.10 Å². The van der Waals surface area contributed by atoms with Gasteiger partial charge < -0.3 is 4.74 Å². The minimum Gasteiger partial charge on any atom is -0.459 e. The Morgan fingerprint density at radius 3 is 2.32 bits per heavy atom. The summed E-state index contributed by atoms with van der Waals surface area (Å²) in [7, 11) is 0. The van der Waals surface area contributed by atoms with Crippen LogP contribution in [0.5, 0.6) is 0 Å². The topological polar surface area (TPSA) is 26.3 Å². The SMILES string of the molecule is CCCCCC1CC=C(c2ccc(C(=O)O[C@H]3CC[C@H](CC)CC3)cc2)CC1. The monoisotopic (exact) mass is 382 g/mol. The van der Waals surface area contributed by atoms with Crippen molar-refractivity contribution in [3.05, 3.63) is 41.5 Å². The fourth-order valence-corrected chi connectivity index (χ4v) is 4.79. The van der Waals surface area contributed by atoms with Crippen LogP contribution in [0.4, 0.5) is 0 Å². The van der Waals surface area contributed by atoms with Gasteiger partial charge in [-0.2, -0.15) is 0 Å². The largest absolute Gasteiger partial charge is 0.459 e. The van der Waals surface area contributed by atoms with Crippen molar-refractivity contribution in [2.75, 3.05) is 0 Å². The highest BCUT2D eigenvalue weighted by atomic mass is 16.5. The van der Waals surface area contributed by atoms with Crippen LogP contribution in [0.15, 0.2) is 30.3 Å². The van der Waals surface area contributed by atoms with E-state index in [9.17, 15) is 4.79 Å². The number of ether oxygens (including phenoxy) is 1. The molecule has 1 aromatic rings. The lowest BCUT2D eigenvalue weighted by molar-refractivity contribution is 0.0164. The summed E-state index contributed by atoms with van der Waals surface area (Å²) >= 11 is 0. The summed E-state index contributed by atoms with van der Waals surface area (Å²) in [6, 6.07) is 8.11.